The molecule has 1 aromatic carbocycles. The summed E-state index contributed by atoms with van der Waals surface area (Å²) < 4.78 is 5.61. The van der Waals surface area contributed by atoms with E-state index in [1.807, 2.05) is 43.0 Å². The lowest BCUT2D eigenvalue weighted by Gasteiger charge is -2.35. The van der Waals surface area contributed by atoms with Crippen LogP contribution in [0, 0.1) is 0 Å². The molecule has 20 heavy (non-hydrogen) atoms. The summed E-state index contributed by atoms with van der Waals surface area (Å²) in [7, 11) is 0. The van der Waals surface area contributed by atoms with Crippen LogP contribution in [0.2, 0.25) is 0 Å². The average molecular weight is 277 g/mol. The van der Waals surface area contributed by atoms with Gasteiger partial charge in [0.15, 0.2) is 0 Å². The van der Waals surface area contributed by atoms with E-state index in [1.54, 1.807) is 6.92 Å². The van der Waals surface area contributed by atoms with Crippen LogP contribution >= 0.6 is 0 Å². The van der Waals surface area contributed by atoms with Crippen molar-refractivity contribution in [3.8, 4) is 5.75 Å². The average Bonchev–Trinajstić information content (AvgIpc) is 2.92. The van der Waals surface area contributed by atoms with Crippen LogP contribution in [0.3, 0.4) is 0 Å². The van der Waals surface area contributed by atoms with E-state index in [-0.39, 0.29) is 6.10 Å². The molecule has 4 nitrogen and oxygen atoms in total. The zero-order valence-electron chi connectivity index (χ0n) is 12.4. The lowest BCUT2D eigenvalue weighted by atomic mass is 9.90. The Morgan fingerprint density at radius 2 is 1.80 bits per heavy atom. The molecule has 1 N–H and O–H groups in total. The Kier molecular flexibility index (Phi) is 4.33. The monoisotopic (exact) mass is 277 g/mol. The van der Waals surface area contributed by atoms with Crippen LogP contribution in [0.25, 0.3) is 0 Å². The maximum atomic E-state index is 11.8. The first-order valence-corrected chi connectivity index (χ1v) is 7.20. The Labute approximate surface area is 120 Å². The third-order valence-corrected chi connectivity index (χ3v) is 3.94. The van der Waals surface area contributed by atoms with Gasteiger partial charge in [-0.1, -0.05) is 12.1 Å². The maximum Gasteiger partial charge on any atom is 0.328 e. The van der Waals surface area contributed by atoms with Crippen molar-refractivity contribution in [2.45, 2.75) is 45.3 Å². The summed E-state index contributed by atoms with van der Waals surface area (Å²) in [5.41, 5.74) is -0.143. The van der Waals surface area contributed by atoms with Crippen LogP contribution in [0.15, 0.2) is 24.3 Å². The largest absolute Gasteiger partial charge is 0.491 e. The standard InChI is InChI=1S/C16H23NO3/c1-12(2)20-14-8-6-13(7-9-14)16(3,15(18)19)17-10-4-5-11-17/h6-9,12H,4-5,10-11H2,1-3H3,(H,18,19). The zero-order valence-corrected chi connectivity index (χ0v) is 12.4. The van der Waals surface area contributed by atoms with E-state index >= 15 is 0 Å². The fourth-order valence-electron chi connectivity index (χ4n) is 2.74. The number of hydrogen-bond donors (Lipinski definition) is 1. The van der Waals surface area contributed by atoms with Gasteiger partial charge in [0, 0.05) is 0 Å². The SMILES string of the molecule is CC(C)Oc1ccc(C(C)(C(=O)O)N2CCCC2)cc1. The number of benzene rings is 1. The van der Waals surface area contributed by atoms with Gasteiger partial charge in [-0.15, -0.1) is 0 Å². The molecule has 0 saturated carbocycles. The van der Waals surface area contributed by atoms with E-state index in [1.165, 1.54) is 0 Å². The first-order chi connectivity index (χ1) is 9.44. The van der Waals surface area contributed by atoms with Crippen molar-refractivity contribution in [3.05, 3.63) is 29.8 Å². The van der Waals surface area contributed by atoms with Gasteiger partial charge >= 0.3 is 5.97 Å². The van der Waals surface area contributed by atoms with Crippen molar-refractivity contribution in [2.75, 3.05) is 13.1 Å². The molecule has 110 valence electrons. The molecule has 2 rings (SSSR count). The highest BCUT2D eigenvalue weighted by molar-refractivity contribution is 5.80. The van der Waals surface area contributed by atoms with Crippen molar-refractivity contribution in [1.29, 1.82) is 0 Å². The van der Waals surface area contributed by atoms with Gasteiger partial charge in [0.25, 0.3) is 0 Å². The van der Waals surface area contributed by atoms with Gasteiger partial charge in [-0.25, -0.2) is 4.79 Å². The number of likely N-dealkylation sites (tertiary alicyclic amines) is 1. The second-order valence-electron chi connectivity index (χ2n) is 5.76. The van der Waals surface area contributed by atoms with Gasteiger partial charge in [0.1, 0.15) is 11.3 Å². The smallest absolute Gasteiger partial charge is 0.328 e. The fourth-order valence-corrected chi connectivity index (χ4v) is 2.74. The molecule has 1 unspecified atom stereocenters. The molecule has 1 fully saturated rings. The molecule has 1 heterocycles. The van der Waals surface area contributed by atoms with Crippen molar-refractivity contribution < 1.29 is 14.6 Å². The predicted molar refractivity (Wildman–Crippen MR) is 78.0 cm³/mol. The van der Waals surface area contributed by atoms with Crippen LogP contribution in [0.4, 0.5) is 0 Å². The highest BCUT2D eigenvalue weighted by Gasteiger charge is 2.42. The highest BCUT2D eigenvalue weighted by Crippen LogP contribution is 2.33. The molecule has 1 aliphatic rings. The van der Waals surface area contributed by atoms with Crippen molar-refractivity contribution >= 4 is 5.97 Å². The zero-order chi connectivity index (χ0) is 14.8. The van der Waals surface area contributed by atoms with E-state index in [2.05, 4.69) is 0 Å². The van der Waals surface area contributed by atoms with E-state index in [0.29, 0.717) is 0 Å². The normalized spacial score (nSPS) is 19.0. The van der Waals surface area contributed by atoms with Gasteiger partial charge in [0.05, 0.1) is 6.10 Å². The van der Waals surface area contributed by atoms with E-state index in [4.69, 9.17) is 4.74 Å². The molecule has 4 heteroatoms. The second-order valence-corrected chi connectivity index (χ2v) is 5.76. The topological polar surface area (TPSA) is 49.8 Å². The summed E-state index contributed by atoms with van der Waals surface area (Å²) >= 11 is 0. The van der Waals surface area contributed by atoms with Crippen LogP contribution in [-0.2, 0) is 10.3 Å². The molecular weight excluding hydrogens is 254 g/mol. The van der Waals surface area contributed by atoms with E-state index in [0.717, 1.165) is 37.2 Å². The summed E-state index contributed by atoms with van der Waals surface area (Å²) in [5.74, 6) is -0.0187. The molecule has 0 bridgehead atoms. The molecule has 0 radical (unpaired) electrons. The third-order valence-electron chi connectivity index (χ3n) is 3.94. The molecule has 0 amide bonds. The first kappa shape index (κ1) is 14.9. The van der Waals surface area contributed by atoms with Gasteiger partial charge < -0.3 is 9.84 Å². The van der Waals surface area contributed by atoms with Crippen LogP contribution < -0.4 is 4.74 Å². The van der Waals surface area contributed by atoms with Crippen LogP contribution in [-0.4, -0.2) is 35.2 Å². The third kappa shape index (κ3) is 2.80. The van der Waals surface area contributed by atoms with Crippen molar-refractivity contribution in [2.24, 2.45) is 0 Å². The number of carbonyl (C=O) groups is 1. The fraction of sp³-hybridized carbons (Fsp3) is 0.562. The Morgan fingerprint density at radius 1 is 1.25 bits per heavy atom. The maximum absolute atomic E-state index is 11.8. The van der Waals surface area contributed by atoms with Gasteiger partial charge in [-0.3, -0.25) is 4.90 Å². The number of nitrogens with zero attached hydrogens (tertiary/aromatic N) is 1. The minimum Gasteiger partial charge on any atom is -0.491 e. The molecule has 1 atom stereocenters. The Balaban J connectivity index is 2.27. The minimum absolute atomic E-state index is 0.116. The second kappa shape index (κ2) is 5.83. The molecule has 0 spiro atoms. The van der Waals surface area contributed by atoms with Gasteiger partial charge in [0.2, 0.25) is 0 Å². The van der Waals surface area contributed by atoms with Crippen molar-refractivity contribution in [1.82, 2.24) is 4.90 Å². The highest BCUT2D eigenvalue weighted by atomic mass is 16.5. The lowest BCUT2D eigenvalue weighted by Crippen LogP contribution is -2.48. The Hall–Kier alpha value is -1.55. The number of aliphatic carboxylic acids is 1. The molecule has 1 saturated heterocycles. The molecular formula is C16H23NO3. The molecule has 0 aromatic heterocycles. The first-order valence-electron chi connectivity index (χ1n) is 7.20. The van der Waals surface area contributed by atoms with Crippen molar-refractivity contribution in [3.63, 3.8) is 0 Å². The van der Waals surface area contributed by atoms with E-state index in [9.17, 15) is 9.90 Å². The Bertz CT molecular complexity index is 463. The van der Waals surface area contributed by atoms with Crippen LogP contribution in [0.1, 0.15) is 39.2 Å². The Morgan fingerprint density at radius 3 is 2.25 bits per heavy atom. The molecule has 1 aromatic rings. The number of hydrogen-bond acceptors (Lipinski definition) is 3. The number of carboxylic acid groups (broad SMARTS) is 1. The number of carboxylic acids is 1. The minimum atomic E-state index is -0.952. The molecule has 1 aliphatic heterocycles. The predicted octanol–water partition coefficient (Wildman–Crippen LogP) is 2.87. The van der Waals surface area contributed by atoms with Crippen LogP contribution in [0.5, 0.6) is 5.75 Å². The summed E-state index contributed by atoms with van der Waals surface area (Å²) in [5, 5.41) is 9.69. The lowest BCUT2D eigenvalue weighted by molar-refractivity contribution is -0.150. The number of ether oxygens (including phenoxy) is 1. The quantitative estimate of drug-likeness (QED) is 0.899. The number of rotatable bonds is 5. The van der Waals surface area contributed by atoms with Gasteiger partial charge in [-0.2, -0.15) is 0 Å². The molecule has 0 aliphatic carbocycles. The summed E-state index contributed by atoms with van der Waals surface area (Å²) in [6.07, 6.45) is 2.25. The summed E-state index contributed by atoms with van der Waals surface area (Å²) in [6, 6.07) is 7.44. The van der Waals surface area contributed by atoms with E-state index < -0.39 is 11.5 Å². The van der Waals surface area contributed by atoms with Gasteiger partial charge in [-0.05, 0) is 64.4 Å². The summed E-state index contributed by atoms with van der Waals surface area (Å²) in [4.78, 5) is 13.8. The summed E-state index contributed by atoms with van der Waals surface area (Å²) in [6.45, 7) is 7.41.